The molecule has 0 atom stereocenters. The van der Waals surface area contributed by atoms with Crippen molar-refractivity contribution in [1.29, 1.82) is 0 Å². The van der Waals surface area contributed by atoms with Crippen LogP contribution >= 0.6 is 0 Å². The summed E-state index contributed by atoms with van der Waals surface area (Å²) in [6, 6.07) is 0. The maximum Gasteiger partial charge on any atom is 0.147 e. The van der Waals surface area contributed by atoms with Crippen LogP contribution in [0, 0.1) is 6.54 Å². The zero-order valence-electron chi connectivity index (χ0n) is 6.27. The lowest BCUT2D eigenvalue weighted by atomic mass is 10.4. The van der Waals surface area contributed by atoms with Crippen LogP contribution in [0.2, 0.25) is 0 Å². The largest absolute Gasteiger partial charge is 0.350 e. The van der Waals surface area contributed by atoms with E-state index in [0.717, 1.165) is 18.8 Å². The Hall–Kier alpha value is -1.12. The van der Waals surface area contributed by atoms with Crippen molar-refractivity contribution in [3.05, 3.63) is 25.1 Å². The summed E-state index contributed by atoms with van der Waals surface area (Å²) in [4.78, 5) is 10.3. The van der Waals surface area contributed by atoms with Crippen molar-refractivity contribution in [1.82, 2.24) is 9.97 Å². The van der Waals surface area contributed by atoms with Gasteiger partial charge in [-0.2, -0.15) is 0 Å². The maximum atomic E-state index is 4.19. The standard InChI is InChI=1S/C8H10N3/c1-2-6-11(5-1)8-7-9-3-4-10-8/h3-5,7H,1-2,6H2. The van der Waals surface area contributed by atoms with E-state index in [4.69, 9.17) is 0 Å². The van der Waals surface area contributed by atoms with Crippen LogP contribution in [0.4, 0.5) is 5.82 Å². The van der Waals surface area contributed by atoms with Crippen molar-refractivity contribution in [3.8, 4) is 0 Å². The zero-order valence-corrected chi connectivity index (χ0v) is 6.27. The third-order valence-electron chi connectivity index (χ3n) is 1.80. The average molecular weight is 148 g/mol. The van der Waals surface area contributed by atoms with Gasteiger partial charge in [0.15, 0.2) is 0 Å². The molecule has 1 aromatic heterocycles. The van der Waals surface area contributed by atoms with E-state index in [1.165, 1.54) is 6.42 Å². The van der Waals surface area contributed by atoms with E-state index in [-0.39, 0.29) is 0 Å². The Morgan fingerprint density at radius 1 is 1.36 bits per heavy atom. The number of nitrogens with zero attached hydrogens (tertiary/aromatic N) is 3. The lowest BCUT2D eigenvalue weighted by Crippen LogP contribution is -2.14. The lowest BCUT2D eigenvalue weighted by Gasteiger charge is -2.13. The second-order valence-electron chi connectivity index (χ2n) is 2.58. The molecule has 3 heteroatoms. The van der Waals surface area contributed by atoms with E-state index in [9.17, 15) is 0 Å². The number of anilines is 1. The minimum absolute atomic E-state index is 0.963. The Morgan fingerprint density at radius 3 is 3.00 bits per heavy atom. The van der Waals surface area contributed by atoms with Crippen LogP contribution in [0.15, 0.2) is 18.6 Å². The first-order valence-corrected chi connectivity index (χ1v) is 3.83. The number of rotatable bonds is 1. The molecule has 0 aromatic carbocycles. The summed E-state index contributed by atoms with van der Waals surface area (Å²) >= 11 is 0. The van der Waals surface area contributed by atoms with E-state index in [1.54, 1.807) is 18.6 Å². The summed E-state index contributed by atoms with van der Waals surface area (Å²) in [6.45, 7) is 3.25. The molecular formula is C8H10N3. The highest BCUT2D eigenvalue weighted by molar-refractivity contribution is 5.38. The SMILES string of the molecule is [CH]1CCCN1c1cnccn1. The van der Waals surface area contributed by atoms with Crippen LogP contribution in [-0.2, 0) is 0 Å². The van der Waals surface area contributed by atoms with E-state index in [2.05, 4.69) is 21.4 Å². The van der Waals surface area contributed by atoms with Gasteiger partial charge in [-0.05, 0) is 12.8 Å². The first kappa shape index (κ1) is 6.58. The smallest absolute Gasteiger partial charge is 0.147 e. The molecule has 0 aliphatic carbocycles. The van der Waals surface area contributed by atoms with Crippen LogP contribution in [0.25, 0.3) is 0 Å². The molecule has 57 valence electrons. The van der Waals surface area contributed by atoms with Gasteiger partial charge < -0.3 is 4.90 Å². The second kappa shape index (κ2) is 2.86. The van der Waals surface area contributed by atoms with Gasteiger partial charge in [-0.25, -0.2) is 4.98 Å². The Labute approximate surface area is 66.1 Å². The molecule has 11 heavy (non-hydrogen) atoms. The maximum absolute atomic E-state index is 4.19. The fourth-order valence-electron chi connectivity index (χ4n) is 1.25. The fourth-order valence-corrected chi connectivity index (χ4v) is 1.25. The van der Waals surface area contributed by atoms with E-state index >= 15 is 0 Å². The summed E-state index contributed by atoms with van der Waals surface area (Å²) < 4.78 is 0. The summed E-state index contributed by atoms with van der Waals surface area (Å²) in [5.74, 6) is 0.963. The average Bonchev–Trinajstić information content (AvgIpc) is 2.58. The molecule has 0 N–H and O–H groups in total. The third kappa shape index (κ3) is 1.31. The van der Waals surface area contributed by atoms with Gasteiger partial charge in [-0.1, -0.05) is 0 Å². The van der Waals surface area contributed by atoms with E-state index < -0.39 is 0 Å². The zero-order chi connectivity index (χ0) is 7.52. The molecule has 3 nitrogen and oxygen atoms in total. The first-order chi connectivity index (χ1) is 5.47. The minimum Gasteiger partial charge on any atom is -0.350 e. The molecule has 1 aromatic rings. The molecule has 1 radical (unpaired) electrons. The fraction of sp³-hybridized carbons (Fsp3) is 0.375. The summed E-state index contributed by atoms with van der Waals surface area (Å²) in [7, 11) is 0. The topological polar surface area (TPSA) is 29.0 Å². The van der Waals surface area contributed by atoms with Gasteiger partial charge in [0.25, 0.3) is 0 Å². The highest BCUT2D eigenvalue weighted by atomic mass is 15.2. The molecule has 2 heterocycles. The van der Waals surface area contributed by atoms with Crippen molar-refractivity contribution < 1.29 is 0 Å². The number of hydrogen-bond donors (Lipinski definition) is 0. The van der Waals surface area contributed by atoms with Crippen LogP contribution in [0.5, 0.6) is 0 Å². The first-order valence-electron chi connectivity index (χ1n) is 3.83. The summed E-state index contributed by atoms with van der Waals surface area (Å²) in [6.07, 6.45) is 7.61. The van der Waals surface area contributed by atoms with Crippen molar-refractivity contribution in [2.24, 2.45) is 0 Å². The van der Waals surface area contributed by atoms with Crippen LogP contribution in [-0.4, -0.2) is 16.5 Å². The molecule has 1 aliphatic rings. The quantitative estimate of drug-likeness (QED) is 0.600. The Balaban J connectivity index is 2.16. The third-order valence-corrected chi connectivity index (χ3v) is 1.80. The van der Waals surface area contributed by atoms with Gasteiger partial charge in [-0.3, -0.25) is 4.98 Å². The Kier molecular flexibility index (Phi) is 1.71. The summed E-state index contributed by atoms with van der Waals surface area (Å²) in [5.41, 5.74) is 0. The van der Waals surface area contributed by atoms with Gasteiger partial charge >= 0.3 is 0 Å². The molecule has 0 saturated carbocycles. The van der Waals surface area contributed by atoms with E-state index in [1.807, 2.05) is 0 Å². The Morgan fingerprint density at radius 2 is 2.36 bits per heavy atom. The molecule has 0 amide bonds. The molecular weight excluding hydrogens is 138 g/mol. The number of hydrogen-bond acceptors (Lipinski definition) is 3. The van der Waals surface area contributed by atoms with Crippen molar-refractivity contribution >= 4 is 5.82 Å². The normalized spacial score (nSPS) is 17.3. The predicted octanol–water partition coefficient (Wildman–Crippen LogP) is 1.24. The van der Waals surface area contributed by atoms with Gasteiger partial charge in [0.05, 0.1) is 12.7 Å². The molecule has 0 unspecified atom stereocenters. The van der Waals surface area contributed by atoms with Crippen LogP contribution in [0.3, 0.4) is 0 Å². The van der Waals surface area contributed by atoms with Gasteiger partial charge in [-0.15, -0.1) is 0 Å². The molecule has 2 rings (SSSR count). The molecule has 0 spiro atoms. The second-order valence-corrected chi connectivity index (χ2v) is 2.58. The molecule has 0 bridgehead atoms. The predicted molar refractivity (Wildman–Crippen MR) is 42.9 cm³/mol. The number of aromatic nitrogens is 2. The van der Waals surface area contributed by atoms with Crippen molar-refractivity contribution in [3.63, 3.8) is 0 Å². The monoisotopic (exact) mass is 148 g/mol. The minimum atomic E-state index is 0.963. The molecule has 1 aliphatic heterocycles. The molecule has 1 fully saturated rings. The highest BCUT2D eigenvalue weighted by Gasteiger charge is 2.12. The van der Waals surface area contributed by atoms with Crippen molar-refractivity contribution in [2.45, 2.75) is 12.8 Å². The van der Waals surface area contributed by atoms with Crippen LogP contribution < -0.4 is 4.90 Å². The summed E-state index contributed by atoms with van der Waals surface area (Å²) in [5, 5.41) is 0. The Bertz CT molecular complexity index is 216. The van der Waals surface area contributed by atoms with Gasteiger partial charge in [0, 0.05) is 18.9 Å². The van der Waals surface area contributed by atoms with Crippen LogP contribution in [0.1, 0.15) is 12.8 Å². The van der Waals surface area contributed by atoms with Gasteiger partial charge in [0.1, 0.15) is 5.82 Å². The lowest BCUT2D eigenvalue weighted by molar-refractivity contribution is 0.939. The highest BCUT2D eigenvalue weighted by Crippen LogP contribution is 2.18. The van der Waals surface area contributed by atoms with E-state index in [0.29, 0.717) is 0 Å². The molecule has 1 saturated heterocycles. The van der Waals surface area contributed by atoms with Gasteiger partial charge in [0.2, 0.25) is 0 Å². The van der Waals surface area contributed by atoms with Crippen molar-refractivity contribution in [2.75, 3.05) is 11.4 Å².